The Labute approximate surface area is 209 Å². The van der Waals surface area contributed by atoms with Crippen molar-refractivity contribution in [3.63, 3.8) is 0 Å². The van der Waals surface area contributed by atoms with Gasteiger partial charge in [0.25, 0.3) is 5.91 Å². The molecule has 190 valence electrons. The molecule has 2 fully saturated rings. The number of hydrogen-bond donors (Lipinski definition) is 0. The van der Waals surface area contributed by atoms with Gasteiger partial charge in [-0.3, -0.25) is 14.5 Å². The van der Waals surface area contributed by atoms with E-state index in [4.69, 9.17) is 0 Å². The SMILES string of the molecule is C=CC(=O)N1CC[C@]2(CCN([C@H](C)c3cc4c(c(C(F)(F)F)c3)CN(c3cccc(C)c3)C4=O)C2)C1. The third-order valence-electron chi connectivity index (χ3n) is 8.11. The van der Waals surface area contributed by atoms with Crippen molar-refractivity contribution >= 4 is 17.5 Å². The molecule has 2 aromatic carbocycles. The van der Waals surface area contributed by atoms with Crippen molar-refractivity contribution in [1.82, 2.24) is 9.80 Å². The molecule has 36 heavy (non-hydrogen) atoms. The summed E-state index contributed by atoms with van der Waals surface area (Å²) in [5.41, 5.74) is 1.42. The van der Waals surface area contributed by atoms with Crippen LogP contribution in [0.2, 0.25) is 0 Å². The molecule has 0 aliphatic carbocycles. The van der Waals surface area contributed by atoms with Crippen LogP contribution in [0.5, 0.6) is 0 Å². The first-order valence-corrected chi connectivity index (χ1v) is 12.3. The predicted octanol–water partition coefficient (Wildman–Crippen LogP) is 5.35. The number of benzene rings is 2. The van der Waals surface area contributed by atoms with Crippen LogP contribution >= 0.6 is 0 Å². The summed E-state index contributed by atoms with van der Waals surface area (Å²) in [6.07, 6.45) is -1.48. The minimum absolute atomic E-state index is 0.0391. The molecule has 0 bridgehead atoms. The largest absolute Gasteiger partial charge is 0.416 e. The lowest BCUT2D eigenvalue weighted by Gasteiger charge is -2.29. The van der Waals surface area contributed by atoms with Gasteiger partial charge in [-0.05, 0) is 80.3 Å². The molecule has 2 saturated heterocycles. The highest BCUT2D eigenvalue weighted by Gasteiger charge is 2.46. The van der Waals surface area contributed by atoms with Crippen LogP contribution in [0, 0.1) is 12.3 Å². The number of aryl methyl sites for hydroxylation is 1. The van der Waals surface area contributed by atoms with Gasteiger partial charge in [0, 0.05) is 42.3 Å². The van der Waals surface area contributed by atoms with Crippen molar-refractivity contribution < 1.29 is 22.8 Å². The van der Waals surface area contributed by atoms with E-state index in [2.05, 4.69) is 11.5 Å². The summed E-state index contributed by atoms with van der Waals surface area (Å²) in [6, 6.07) is 9.84. The molecule has 0 N–H and O–H groups in total. The zero-order chi connectivity index (χ0) is 25.8. The maximum Gasteiger partial charge on any atom is 0.416 e. The second-order valence-electron chi connectivity index (χ2n) is 10.4. The fraction of sp³-hybridized carbons (Fsp3) is 0.429. The molecule has 2 amide bonds. The number of rotatable bonds is 4. The highest BCUT2D eigenvalue weighted by Crippen LogP contribution is 2.45. The number of hydrogen-bond acceptors (Lipinski definition) is 3. The molecule has 3 heterocycles. The second kappa shape index (κ2) is 8.76. The first-order valence-electron chi connectivity index (χ1n) is 12.3. The summed E-state index contributed by atoms with van der Waals surface area (Å²) in [6.45, 7) is 10.0. The number of alkyl halides is 3. The molecule has 3 aliphatic heterocycles. The molecule has 0 aromatic heterocycles. The van der Waals surface area contributed by atoms with E-state index in [1.165, 1.54) is 17.0 Å². The fourth-order valence-electron chi connectivity index (χ4n) is 6.03. The zero-order valence-corrected chi connectivity index (χ0v) is 20.6. The lowest BCUT2D eigenvalue weighted by atomic mass is 9.86. The van der Waals surface area contributed by atoms with Gasteiger partial charge in [-0.25, -0.2) is 0 Å². The van der Waals surface area contributed by atoms with Crippen molar-refractivity contribution in [2.75, 3.05) is 31.1 Å². The minimum Gasteiger partial charge on any atom is -0.339 e. The Balaban J connectivity index is 1.43. The summed E-state index contributed by atoms with van der Waals surface area (Å²) >= 11 is 0. The number of carbonyl (C=O) groups excluding carboxylic acids is 2. The smallest absolute Gasteiger partial charge is 0.339 e. The predicted molar refractivity (Wildman–Crippen MR) is 132 cm³/mol. The minimum atomic E-state index is -4.56. The average molecular weight is 498 g/mol. The van der Waals surface area contributed by atoms with Crippen molar-refractivity contribution in [2.45, 2.75) is 45.5 Å². The van der Waals surface area contributed by atoms with Gasteiger partial charge in [-0.1, -0.05) is 18.7 Å². The number of nitrogens with zero attached hydrogens (tertiary/aromatic N) is 3. The first-order chi connectivity index (χ1) is 17.0. The van der Waals surface area contributed by atoms with Crippen LogP contribution in [0.3, 0.4) is 0 Å². The lowest BCUT2D eigenvalue weighted by molar-refractivity contribution is -0.138. The van der Waals surface area contributed by atoms with Crippen molar-refractivity contribution in [1.29, 1.82) is 0 Å². The van der Waals surface area contributed by atoms with E-state index in [0.29, 0.717) is 30.9 Å². The van der Waals surface area contributed by atoms with Gasteiger partial charge in [0.1, 0.15) is 0 Å². The van der Waals surface area contributed by atoms with Gasteiger partial charge in [0.15, 0.2) is 0 Å². The van der Waals surface area contributed by atoms with Gasteiger partial charge in [0.05, 0.1) is 12.1 Å². The van der Waals surface area contributed by atoms with E-state index >= 15 is 0 Å². The molecule has 2 atom stereocenters. The van der Waals surface area contributed by atoms with Crippen LogP contribution in [0.1, 0.15) is 58.4 Å². The highest BCUT2D eigenvalue weighted by molar-refractivity contribution is 6.10. The molecule has 0 saturated carbocycles. The van der Waals surface area contributed by atoms with Gasteiger partial charge < -0.3 is 9.80 Å². The van der Waals surface area contributed by atoms with E-state index in [-0.39, 0.29) is 35.0 Å². The number of fused-ring (bicyclic) bond motifs is 1. The monoisotopic (exact) mass is 497 g/mol. The number of carbonyl (C=O) groups is 2. The third-order valence-corrected chi connectivity index (χ3v) is 8.11. The topological polar surface area (TPSA) is 43.9 Å². The van der Waals surface area contributed by atoms with Crippen molar-refractivity contribution in [2.24, 2.45) is 5.41 Å². The van der Waals surface area contributed by atoms with Crippen molar-refractivity contribution in [3.05, 3.63) is 76.9 Å². The van der Waals surface area contributed by atoms with Gasteiger partial charge >= 0.3 is 6.18 Å². The zero-order valence-electron chi connectivity index (χ0n) is 20.6. The Morgan fingerprint density at radius 3 is 2.58 bits per heavy atom. The van der Waals surface area contributed by atoms with Gasteiger partial charge in [-0.15, -0.1) is 0 Å². The van der Waals surface area contributed by atoms with E-state index < -0.39 is 17.6 Å². The summed E-state index contributed by atoms with van der Waals surface area (Å²) in [7, 11) is 0. The maximum absolute atomic E-state index is 14.2. The number of amides is 2. The molecular weight excluding hydrogens is 467 g/mol. The van der Waals surface area contributed by atoms with E-state index in [1.54, 1.807) is 23.1 Å². The van der Waals surface area contributed by atoms with Gasteiger partial charge in [0.2, 0.25) is 5.91 Å². The molecule has 8 heteroatoms. The maximum atomic E-state index is 14.2. The average Bonchev–Trinajstić information content (AvgIpc) is 3.55. The lowest BCUT2D eigenvalue weighted by Crippen LogP contribution is -2.34. The Kier molecular flexibility index (Phi) is 5.98. The molecule has 1 spiro atoms. The van der Waals surface area contributed by atoms with Crippen LogP contribution < -0.4 is 4.90 Å². The summed E-state index contributed by atoms with van der Waals surface area (Å²) in [5.74, 6) is -0.481. The molecule has 0 unspecified atom stereocenters. The molecule has 5 rings (SSSR count). The third kappa shape index (κ3) is 4.21. The van der Waals surface area contributed by atoms with Crippen molar-refractivity contribution in [3.8, 4) is 0 Å². The fourth-order valence-corrected chi connectivity index (χ4v) is 6.03. The van der Waals surface area contributed by atoms with Crippen LogP contribution in [0.15, 0.2) is 49.1 Å². The Morgan fingerprint density at radius 2 is 1.89 bits per heavy atom. The normalized spacial score (nSPS) is 23.0. The molecule has 0 radical (unpaired) electrons. The molecular formula is C28H30F3N3O2. The number of halogens is 3. The van der Waals surface area contributed by atoms with Gasteiger partial charge in [-0.2, -0.15) is 13.2 Å². The second-order valence-corrected chi connectivity index (χ2v) is 10.4. The quantitative estimate of drug-likeness (QED) is 0.536. The van der Waals surface area contributed by atoms with Crippen LogP contribution in [-0.4, -0.2) is 47.8 Å². The molecule has 3 aliphatic rings. The number of anilines is 1. The molecule has 2 aromatic rings. The summed E-state index contributed by atoms with van der Waals surface area (Å²) in [5, 5.41) is 0. The van der Waals surface area contributed by atoms with E-state index in [1.807, 2.05) is 26.0 Å². The Hall–Kier alpha value is -3.13. The van der Waals surface area contributed by atoms with Crippen LogP contribution in [0.25, 0.3) is 0 Å². The Bertz CT molecular complexity index is 1240. The highest BCUT2D eigenvalue weighted by atomic mass is 19.4. The number of likely N-dealkylation sites (tertiary alicyclic amines) is 2. The first kappa shape index (κ1) is 24.6. The Morgan fingerprint density at radius 1 is 1.14 bits per heavy atom. The summed E-state index contributed by atoms with van der Waals surface area (Å²) in [4.78, 5) is 30.8. The van der Waals surface area contributed by atoms with E-state index in [0.717, 1.165) is 24.9 Å². The van der Waals surface area contributed by atoms with Crippen LogP contribution in [-0.2, 0) is 17.5 Å². The molecule has 5 nitrogen and oxygen atoms in total. The van der Waals surface area contributed by atoms with Crippen LogP contribution in [0.4, 0.5) is 18.9 Å². The summed E-state index contributed by atoms with van der Waals surface area (Å²) < 4.78 is 42.6. The van der Waals surface area contributed by atoms with E-state index in [9.17, 15) is 22.8 Å². The standard InChI is InChI=1S/C28H30F3N3O2/c1-4-25(35)33-11-9-27(17-33)8-10-32(16-27)19(3)20-13-22-23(24(14-20)28(29,30)31)15-34(26(22)36)21-7-5-6-18(2)12-21/h4-7,12-14,19H,1,8-11,15-17H2,2-3H3/t19-,27+/m1/s1.